The highest BCUT2D eigenvalue weighted by Crippen LogP contribution is 2.29. The van der Waals surface area contributed by atoms with Gasteiger partial charge in [-0.1, -0.05) is 12.8 Å². The summed E-state index contributed by atoms with van der Waals surface area (Å²) in [6.07, 6.45) is 5.13. The molecule has 0 unspecified atom stereocenters. The first kappa shape index (κ1) is 20.3. The van der Waals surface area contributed by atoms with Crippen molar-refractivity contribution in [2.45, 2.75) is 57.1 Å². The third-order valence-corrected chi connectivity index (χ3v) is 4.45. The quantitative estimate of drug-likeness (QED) is 0.349. The van der Waals surface area contributed by atoms with Crippen LogP contribution in [0.15, 0.2) is 4.99 Å². The predicted molar refractivity (Wildman–Crippen MR) is 100 cm³/mol. The molecule has 0 aromatic heterocycles. The molecular weight excluding hydrogens is 411 g/mol. The molecule has 0 atom stereocenters. The first-order valence-corrected chi connectivity index (χ1v) is 8.23. The number of aliphatic hydroxyl groups is 1. The summed E-state index contributed by atoms with van der Waals surface area (Å²) in [4.78, 5) is 17.6. The van der Waals surface area contributed by atoms with E-state index in [4.69, 9.17) is 10.5 Å². The molecule has 0 spiro atoms. The maximum absolute atomic E-state index is 11.6. The number of carbonyl (C=O) groups is 1. The van der Waals surface area contributed by atoms with Gasteiger partial charge in [-0.3, -0.25) is 4.99 Å². The number of aliphatic imine (C=N–C) groups is 1. The van der Waals surface area contributed by atoms with E-state index in [2.05, 4.69) is 10.3 Å². The number of amides is 1. The smallest absolute Gasteiger partial charge is 0.409 e. The molecule has 2 fully saturated rings. The Bertz CT molecular complexity index is 406. The predicted octanol–water partition coefficient (Wildman–Crippen LogP) is 1.43. The van der Waals surface area contributed by atoms with E-state index in [0.29, 0.717) is 32.2 Å². The number of rotatable bonds is 4. The number of likely N-dealkylation sites (tertiary alicyclic amines) is 1. The summed E-state index contributed by atoms with van der Waals surface area (Å²) in [7, 11) is 0. The van der Waals surface area contributed by atoms with E-state index in [1.807, 2.05) is 6.92 Å². The lowest BCUT2D eigenvalue weighted by atomic mass is 10.0. The molecule has 1 saturated carbocycles. The van der Waals surface area contributed by atoms with Crippen LogP contribution >= 0.6 is 24.0 Å². The average molecular weight is 440 g/mol. The van der Waals surface area contributed by atoms with Crippen molar-refractivity contribution in [1.29, 1.82) is 0 Å². The normalized spacial score (nSPS) is 21.7. The summed E-state index contributed by atoms with van der Waals surface area (Å²) in [5.41, 5.74) is 5.24. The lowest BCUT2D eigenvalue weighted by Gasteiger charge is -2.32. The number of carbonyl (C=O) groups excluding carboxylic acids is 1. The second kappa shape index (κ2) is 9.51. The van der Waals surface area contributed by atoms with Gasteiger partial charge < -0.3 is 25.8 Å². The van der Waals surface area contributed by atoms with Crippen LogP contribution in [0.25, 0.3) is 0 Å². The minimum absolute atomic E-state index is 0. The third kappa shape index (κ3) is 6.33. The summed E-state index contributed by atoms with van der Waals surface area (Å²) < 4.78 is 4.99. The Labute approximate surface area is 155 Å². The van der Waals surface area contributed by atoms with Crippen LogP contribution < -0.4 is 11.1 Å². The number of guanidine groups is 1. The van der Waals surface area contributed by atoms with Gasteiger partial charge in [0.2, 0.25) is 0 Å². The average Bonchev–Trinajstić information content (AvgIpc) is 2.94. The molecule has 0 aromatic rings. The van der Waals surface area contributed by atoms with Crippen LogP contribution in [0.1, 0.15) is 45.4 Å². The molecule has 1 heterocycles. The van der Waals surface area contributed by atoms with Gasteiger partial charge in [-0.2, -0.15) is 0 Å². The number of hydrogen-bond donors (Lipinski definition) is 3. The topological polar surface area (TPSA) is 100 Å². The molecule has 1 aliphatic heterocycles. The molecule has 23 heavy (non-hydrogen) atoms. The number of ether oxygens (including phenoxy) is 1. The number of piperidine rings is 1. The molecule has 2 aliphatic rings. The maximum atomic E-state index is 11.6. The van der Waals surface area contributed by atoms with E-state index >= 15 is 0 Å². The van der Waals surface area contributed by atoms with E-state index < -0.39 is 5.60 Å². The van der Waals surface area contributed by atoms with Gasteiger partial charge in [-0.05, 0) is 32.6 Å². The Hall–Kier alpha value is -0.770. The third-order valence-electron chi connectivity index (χ3n) is 4.45. The second-order valence-corrected chi connectivity index (χ2v) is 6.24. The SMILES string of the molecule is CCOC(=O)N1CCC(NC(N)=NCC2(O)CCCC2)CC1.I. The van der Waals surface area contributed by atoms with Crippen LogP contribution in [0.5, 0.6) is 0 Å². The fraction of sp³-hybridized carbons (Fsp3) is 0.867. The molecule has 8 heteroatoms. The molecule has 0 bridgehead atoms. The van der Waals surface area contributed by atoms with E-state index in [1.165, 1.54) is 0 Å². The fourth-order valence-electron chi connectivity index (χ4n) is 3.10. The monoisotopic (exact) mass is 440 g/mol. The minimum atomic E-state index is -0.667. The second-order valence-electron chi connectivity index (χ2n) is 6.24. The molecule has 0 radical (unpaired) electrons. The van der Waals surface area contributed by atoms with Gasteiger partial charge in [0.25, 0.3) is 0 Å². The zero-order chi connectivity index (χ0) is 16.0. The molecule has 4 N–H and O–H groups in total. The van der Waals surface area contributed by atoms with Crippen LogP contribution in [0.3, 0.4) is 0 Å². The van der Waals surface area contributed by atoms with Gasteiger partial charge in [0.15, 0.2) is 5.96 Å². The van der Waals surface area contributed by atoms with Crippen LogP contribution in [0, 0.1) is 0 Å². The largest absolute Gasteiger partial charge is 0.450 e. The van der Waals surface area contributed by atoms with Crippen molar-refractivity contribution in [2.24, 2.45) is 10.7 Å². The standard InChI is InChI=1S/C15H28N4O3.HI/c1-2-22-14(20)19-9-5-12(6-10-19)18-13(16)17-11-15(21)7-3-4-8-15;/h12,21H,2-11H2,1H3,(H3,16,17,18);1H. The van der Waals surface area contributed by atoms with Crippen molar-refractivity contribution in [3.05, 3.63) is 0 Å². The Kier molecular flexibility index (Phi) is 8.38. The van der Waals surface area contributed by atoms with E-state index in [-0.39, 0.29) is 36.1 Å². The lowest BCUT2D eigenvalue weighted by Crippen LogP contribution is -2.48. The molecule has 1 amide bonds. The Morgan fingerprint density at radius 2 is 2.00 bits per heavy atom. The van der Waals surface area contributed by atoms with E-state index in [9.17, 15) is 9.90 Å². The first-order valence-electron chi connectivity index (χ1n) is 8.23. The molecule has 1 aliphatic carbocycles. The van der Waals surface area contributed by atoms with Crippen molar-refractivity contribution in [3.63, 3.8) is 0 Å². The van der Waals surface area contributed by atoms with Crippen molar-refractivity contribution < 1.29 is 14.6 Å². The Morgan fingerprint density at radius 1 is 1.39 bits per heavy atom. The summed E-state index contributed by atoms with van der Waals surface area (Å²) in [5, 5.41) is 13.4. The van der Waals surface area contributed by atoms with Gasteiger partial charge in [-0.25, -0.2) is 4.79 Å². The number of nitrogens with two attached hydrogens (primary N) is 1. The summed E-state index contributed by atoms with van der Waals surface area (Å²) in [6, 6.07) is 0.215. The Morgan fingerprint density at radius 3 is 2.57 bits per heavy atom. The highest BCUT2D eigenvalue weighted by Gasteiger charge is 2.31. The van der Waals surface area contributed by atoms with E-state index in [1.54, 1.807) is 4.90 Å². The molecule has 2 rings (SSSR count). The van der Waals surface area contributed by atoms with Crippen LogP contribution in [0.4, 0.5) is 4.79 Å². The molecular formula is C15H29IN4O3. The fourth-order valence-corrected chi connectivity index (χ4v) is 3.10. The lowest BCUT2D eigenvalue weighted by molar-refractivity contribution is 0.0574. The van der Waals surface area contributed by atoms with Gasteiger partial charge in [0.05, 0.1) is 18.8 Å². The molecule has 134 valence electrons. The maximum Gasteiger partial charge on any atom is 0.409 e. The van der Waals surface area contributed by atoms with E-state index in [0.717, 1.165) is 38.5 Å². The van der Waals surface area contributed by atoms with Crippen LogP contribution in [-0.4, -0.2) is 59.9 Å². The van der Waals surface area contributed by atoms with Crippen LogP contribution in [-0.2, 0) is 4.74 Å². The van der Waals surface area contributed by atoms with Crippen molar-refractivity contribution in [1.82, 2.24) is 10.2 Å². The summed E-state index contributed by atoms with van der Waals surface area (Å²) >= 11 is 0. The zero-order valence-electron chi connectivity index (χ0n) is 13.8. The molecule has 1 saturated heterocycles. The highest BCUT2D eigenvalue weighted by molar-refractivity contribution is 14.0. The zero-order valence-corrected chi connectivity index (χ0v) is 16.1. The molecule has 0 aromatic carbocycles. The van der Waals surface area contributed by atoms with Crippen molar-refractivity contribution >= 4 is 36.0 Å². The van der Waals surface area contributed by atoms with Crippen molar-refractivity contribution in [3.8, 4) is 0 Å². The van der Waals surface area contributed by atoms with Gasteiger partial charge >= 0.3 is 6.09 Å². The summed E-state index contributed by atoms with van der Waals surface area (Å²) in [6.45, 7) is 3.90. The van der Waals surface area contributed by atoms with Gasteiger partial charge in [0.1, 0.15) is 0 Å². The molecule has 7 nitrogen and oxygen atoms in total. The minimum Gasteiger partial charge on any atom is -0.450 e. The Balaban J connectivity index is 0.00000264. The number of hydrogen-bond acceptors (Lipinski definition) is 4. The number of halogens is 1. The number of nitrogens with one attached hydrogen (secondary N) is 1. The number of nitrogens with zero attached hydrogens (tertiary/aromatic N) is 2. The first-order chi connectivity index (χ1) is 10.5. The highest BCUT2D eigenvalue weighted by atomic mass is 127. The van der Waals surface area contributed by atoms with Gasteiger partial charge in [-0.15, -0.1) is 24.0 Å². The van der Waals surface area contributed by atoms with Crippen molar-refractivity contribution in [2.75, 3.05) is 26.2 Å². The summed E-state index contributed by atoms with van der Waals surface area (Å²) in [5.74, 6) is 0.384. The van der Waals surface area contributed by atoms with Gasteiger partial charge in [0, 0.05) is 19.1 Å². The van der Waals surface area contributed by atoms with Crippen LogP contribution in [0.2, 0.25) is 0 Å².